The average Bonchev–Trinajstić information content (AvgIpc) is 3.22. The molecule has 3 unspecified atom stereocenters. The summed E-state index contributed by atoms with van der Waals surface area (Å²) in [5.41, 5.74) is 0. The number of fused-ring (bicyclic) bond motifs is 1. The molecule has 1 N–H and O–H groups in total. The third kappa shape index (κ3) is 2.97. The van der Waals surface area contributed by atoms with Gasteiger partial charge in [-0.25, -0.2) is 0 Å². The minimum atomic E-state index is 0.741. The summed E-state index contributed by atoms with van der Waals surface area (Å²) in [6.07, 6.45) is 13.6. The van der Waals surface area contributed by atoms with Crippen LogP contribution in [0.4, 0.5) is 0 Å². The quantitative estimate of drug-likeness (QED) is 0.753. The molecule has 102 valence electrons. The Bertz CT molecular complexity index is 285. The van der Waals surface area contributed by atoms with E-state index in [-0.39, 0.29) is 0 Å². The van der Waals surface area contributed by atoms with Crippen molar-refractivity contribution < 1.29 is 0 Å². The predicted molar refractivity (Wildman–Crippen MR) is 76.7 cm³/mol. The van der Waals surface area contributed by atoms with Crippen LogP contribution in [0.2, 0.25) is 0 Å². The van der Waals surface area contributed by atoms with Crippen molar-refractivity contribution in [1.82, 2.24) is 10.2 Å². The molecule has 0 aromatic rings. The molecule has 3 fully saturated rings. The molecule has 0 aromatic heterocycles. The van der Waals surface area contributed by atoms with Gasteiger partial charge in [0.2, 0.25) is 0 Å². The molecule has 2 saturated carbocycles. The van der Waals surface area contributed by atoms with E-state index < -0.39 is 0 Å². The molecule has 2 heteroatoms. The monoisotopic (exact) mass is 248 g/mol. The van der Waals surface area contributed by atoms with Crippen LogP contribution >= 0.6 is 0 Å². The van der Waals surface area contributed by atoms with Crippen LogP contribution in [0.25, 0.3) is 0 Å². The van der Waals surface area contributed by atoms with Crippen LogP contribution in [0, 0.1) is 5.92 Å². The molecule has 2 nitrogen and oxygen atoms in total. The average molecular weight is 248 g/mol. The fourth-order valence-corrected chi connectivity index (χ4v) is 3.98. The van der Waals surface area contributed by atoms with Crippen molar-refractivity contribution in [3.8, 4) is 0 Å². The Balaban J connectivity index is 1.51. The van der Waals surface area contributed by atoms with Gasteiger partial charge in [0, 0.05) is 31.2 Å². The van der Waals surface area contributed by atoms with Gasteiger partial charge in [-0.1, -0.05) is 18.9 Å². The number of nitrogens with zero attached hydrogens (tertiary/aromatic N) is 1. The van der Waals surface area contributed by atoms with Crippen LogP contribution < -0.4 is 5.32 Å². The van der Waals surface area contributed by atoms with Crippen LogP contribution in [0.1, 0.15) is 51.4 Å². The lowest BCUT2D eigenvalue weighted by atomic mass is 9.77. The third-order valence-electron chi connectivity index (χ3n) is 5.13. The first-order chi connectivity index (χ1) is 8.86. The standard InChI is InChI=1S/C16H28N2/c1-2-11-18(15-9-10-15)12-14-8-7-13-5-3-4-6-16(13)17-14/h2,13-17H,1,3-12H2. The highest BCUT2D eigenvalue weighted by atomic mass is 15.2. The maximum absolute atomic E-state index is 3.95. The van der Waals surface area contributed by atoms with Crippen molar-refractivity contribution in [1.29, 1.82) is 0 Å². The Morgan fingerprint density at radius 1 is 1.06 bits per heavy atom. The van der Waals surface area contributed by atoms with E-state index in [1.54, 1.807) is 0 Å². The van der Waals surface area contributed by atoms with Gasteiger partial charge < -0.3 is 5.32 Å². The van der Waals surface area contributed by atoms with Crippen molar-refractivity contribution in [2.24, 2.45) is 5.92 Å². The Morgan fingerprint density at radius 2 is 1.89 bits per heavy atom. The molecule has 0 radical (unpaired) electrons. The molecule has 0 spiro atoms. The molecule has 3 aliphatic rings. The Labute approximate surface area is 112 Å². The molecule has 1 aliphatic heterocycles. The van der Waals surface area contributed by atoms with E-state index in [0.717, 1.165) is 30.6 Å². The molecule has 1 saturated heterocycles. The lowest BCUT2D eigenvalue weighted by molar-refractivity contribution is 0.145. The predicted octanol–water partition coefficient (Wildman–Crippen LogP) is 2.95. The van der Waals surface area contributed by atoms with Crippen LogP contribution in [-0.2, 0) is 0 Å². The summed E-state index contributed by atoms with van der Waals surface area (Å²) >= 11 is 0. The topological polar surface area (TPSA) is 15.3 Å². The van der Waals surface area contributed by atoms with Gasteiger partial charge in [-0.05, 0) is 44.4 Å². The van der Waals surface area contributed by atoms with Crippen molar-refractivity contribution in [2.45, 2.75) is 69.5 Å². The molecule has 2 aliphatic carbocycles. The van der Waals surface area contributed by atoms with Gasteiger partial charge >= 0.3 is 0 Å². The molecule has 0 amide bonds. The Morgan fingerprint density at radius 3 is 2.67 bits per heavy atom. The van der Waals surface area contributed by atoms with E-state index in [1.165, 1.54) is 57.9 Å². The minimum absolute atomic E-state index is 0.741. The zero-order chi connectivity index (χ0) is 12.4. The fraction of sp³-hybridized carbons (Fsp3) is 0.875. The van der Waals surface area contributed by atoms with Crippen molar-refractivity contribution in [3.63, 3.8) is 0 Å². The molecular weight excluding hydrogens is 220 g/mol. The number of nitrogens with one attached hydrogen (secondary N) is 1. The smallest absolute Gasteiger partial charge is 0.0198 e. The highest BCUT2D eigenvalue weighted by molar-refractivity contribution is 4.94. The van der Waals surface area contributed by atoms with E-state index in [1.807, 2.05) is 0 Å². The zero-order valence-corrected chi connectivity index (χ0v) is 11.6. The maximum atomic E-state index is 3.95. The van der Waals surface area contributed by atoms with Gasteiger partial charge in [0.1, 0.15) is 0 Å². The number of hydrogen-bond donors (Lipinski definition) is 1. The first-order valence-corrected chi connectivity index (χ1v) is 7.98. The van der Waals surface area contributed by atoms with Gasteiger partial charge in [0.25, 0.3) is 0 Å². The molecule has 1 heterocycles. The number of hydrogen-bond acceptors (Lipinski definition) is 2. The molecule has 0 aromatic carbocycles. The SMILES string of the molecule is C=CCN(CC1CCC2CCCCC2N1)C1CC1. The summed E-state index contributed by atoms with van der Waals surface area (Å²) in [5, 5.41) is 3.95. The summed E-state index contributed by atoms with van der Waals surface area (Å²) in [4.78, 5) is 2.65. The van der Waals surface area contributed by atoms with Crippen molar-refractivity contribution in [3.05, 3.63) is 12.7 Å². The van der Waals surface area contributed by atoms with E-state index >= 15 is 0 Å². The van der Waals surface area contributed by atoms with Crippen LogP contribution in [0.5, 0.6) is 0 Å². The maximum Gasteiger partial charge on any atom is 0.0198 e. The molecule has 0 bridgehead atoms. The van der Waals surface area contributed by atoms with Gasteiger partial charge in [0.15, 0.2) is 0 Å². The van der Waals surface area contributed by atoms with E-state index in [2.05, 4.69) is 22.9 Å². The minimum Gasteiger partial charge on any atom is -0.310 e. The van der Waals surface area contributed by atoms with Crippen LogP contribution in [0.15, 0.2) is 12.7 Å². The highest BCUT2D eigenvalue weighted by Gasteiger charge is 2.34. The van der Waals surface area contributed by atoms with Crippen LogP contribution in [-0.4, -0.2) is 36.1 Å². The summed E-state index contributed by atoms with van der Waals surface area (Å²) in [6, 6.07) is 2.45. The first-order valence-electron chi connectivity index (χ1n) is 7.98. The Hall–Kier alpha value is -0.340. The molecular formula is C16H28N2. The van der Waals surface area contributed by atoms with E-state index in [0.29, 0.717) is 0 Å². The summed E-state index contributed by atoms with van der Waals surface area (Å²) in [6.45, 7) is 6.24. The second-order valence-electron chi connectivity index (χ2n) is 6.57. The van der Waals surface area contributed by atoms with Crippen LogP contribution in [0.3, 0.4) is 0 Å². The fourth-order valence-electron chi connectivity index (χ4n) is 3.98. The van der Waals surface area contributed by atoms with Gasteiger partial charge in [-0.15, -0.1) is 6.58 Å². The van der Waals surface area contributed by atoms with Crippen molar-refractivity contribution >= 4 is 0 Å². The lowest BCUT2D eigenvalue weighted by Crippen LogP contribution is -2.53. The first kappa shape index (κ1) is 12.7. The lowest BCUT2D eigenvalue weighted by Gasteiger charge is -2.42. The number of rotatable bonds is 5. The summed E-state index contributed by atoms with van der Waals surface area (Å²) in [7, 11) is 0. The molecule has 18 heavy (non-hydrogen) atoms. The molecule has 3 rings (SSSR count). The number of piperidine rings is 1. The third-order valence-corrected chi connectivity index (χ3v) is 5.13. The summed E-state index contributed by atoms with van der Waals surface area (Å²) in [5.74, 6) is 0.990. The van der Waals surface area contributed by atoms with Gasteiger partial charge in [-0.2, -0.15) is 0 Å². The Kier molecular flexibility index (Phi) is 4.05. The van der Waals surface area contributed by atoms with Crippen molar-refractivity contribution in [2.75, 3.05) is 13.1 Å². The summed E-state index contributed by atoms with van der Waals surface area (Å²) < 4.78 is 0. The highest BCUT2D eigenvalue weighted by Crippen LogP contribution is 2.33. The zero-order valence-electron chi connectivity index (χ0n) is 11.6. The second kappa shape index (κ2) is 5.75. The largest absolute Gasteiger partial charge is 0.310 e. The normalized spacial score (nSPS) is 36.4. The molecule has 3 atom stereocenters. The second-order valence-corrected chi connectivity index (χ2v) is 6.57. The van der Waals surface area contributed by atoms with E-state index in [9.17, 15) is 0 Å². The van der Waals surface area contributed by atoms with E-state index in [4.69, 9.17) is 0 Å². The van der Waals surface area contributed by atoms with Gasteiger partial charge in [-0.3, -0.25) is 4.90 Å². The van der Waals surface area contributed by atoms with Gasteiger partial charge in [0.05, 0.1) is 0 Å².